The fraction of sp³-hybridized carbons (Fsp3) is 0.889. The van der Waals surface area contributed by atoms with E-state index in [2.05, 4.69) is 50.4 Å². The number of rotatable bonds is 48. The Morgan fingerprint density at radius 3 is 1.30 bits per heavy atom. The van der Waals surface area contributed by atoms with Gasteiger partial charge in [-0.05, 0) is 57.8 Å². The van der Waals surface area contributed by atoms with E-state index in [9.17, 15) is 19.8 Å². The first-order chi connectivity index (χ1) is 29.5. The van der Waals surface area contributed by atoms with Crippen molar-refractivity contribution in [1.29, 1.82) is 0 Å². The molecule has 3 N–H and O–H groups in total. The lowest BCUT2D eigenvalue weighted by Crippen LogP contribution is -2.46. The number of nitrogens with one attached hydrogen (secondary N) is 1. The molecule has 3 unspecified atom stereocenters. The van der Waals surface area contributed by atoms with E-state index in [-0.39, 0.29) is 24.9 Å². The van der Waals surface area contributed by atoms with Crippen LogP contribution in [0, 0.1) is 0 Å². The molecule has 0 bridgehead atoms. The molecule has 6 heteroatoms. The van der Waals surface area contributed by atoms with Gasteiger partial charge in [0.15, 0.2) is 0 Å². The normalized spacial score (nSPS) is 13.3. The van der Waals surface area contributed by atoms with E-state index in [1.54, 1.807) is 0 Å². The van der Waals surface area contributed by atoms with Gasteiger partial charge in [-0.1, -0.05) is 238 Å². The Morgan fingerprint density at radius 2 is 0.850 bits per heavy atom. The maximum absolute atomic E-state index is 13.2. The molecule has 0 radical (unpaired) electrons. The van der Waals surface area contributed by atoms with E-state index in [1.807, 2.05) is 0 Å². The zero-order valence-corrected chi connectivity index (χ0v) is 40.4. The highest BCUT2D eigenvalue weighted by molar-refractivity contribution is 5.77. The van der Waals surface area contributed by atoms with Crippen LogP contribution in [-0.4, -0.2) is 46.9 Å². The number of hydrogen-bond acceptors (Lipinski definition) is 5. The molecule has 60 heavy (non-hydrogen) atoms. The highest BCUT2D eigenvalue weighted by Gasteiger charge is 2.24. The minimum absolute atomic E-state index is 0.0731. The molecule has 0 saturated carbocycles. The van der Waals surface area contributed by atoms with E-state index in [4.69, 9.17) is 4.74 Å². The van der Waals surface area contributed by atoms with Crippen molar-refractivity contribution in [2.75, 3.05) is 6.61 Å². The number of hydrogen-bond donors (Lipinski definition) is 3. The number of esters is 1. The number of aliphatic hydroxyl groups is 2. The molecule has 1 amide bonds. The summed E-state index contributed by atoms with van der Waals surface area (Å²) in [5.41, 5.74) is 0. The Bertz CT molecular complexity index is 950. The van der Waals surface area contributed by atoms with Crippen LogP contribution in [0.25, 0.3) is 0 Å². The fourth-order valence-electron chi connectivity index (χ4n) is 8.23. The molecule has 0 aromatic rings. The van der Waals surface area contributed by atoms with Gasteiger partial charge < -0.3 is 20.3 Å². The smallest absolute Gasteiger partial charge is 0.306 e. The molecule has 0 aromatic heterocycles. The van der Waals surface area contributed by atoms with Gasteiger partial charge in [0.05, 0.1) is 25.2 Å². The molecule has 0 aliphatic rings. The van der Waals surface area contributed by atoms with E-state index < -0.39 is 18.2 Å². The van der Waals surface area contributed by atoms with E-state index in [0.29, 0.717) is 19.3 Å². The van der Waals surface area contributed by atoms with Crippen molar-refractivity contribution in [3.8, 4) is 0 Å². The van der Waals surface area contributed by atoms with E-state index >= 15 is 0 Å². The number of amides is 1. The lowest BCUT2D eigenvalue weighted by atomic mass is 10.0. The van der Waals surface area contributed by atoms with Crippen molar-refractivity contribution in [3.63, 3.8) is 0 Å². The first-order valence-corrected chi connectivity index (χ1v) is 26.6. The Balaban J connectivity index is 4.47. The van der Waals surface area contributed by atoms with Crippen molar-refractivity contribution in [3.05, 3.63) is 24.3 Å². The van der Waals surface area contributed by atoms with Gasteiger partial charge in [-0.25, -0.2) is 0 Å². The Kier molecular flexibility index (Phi) is 47.0. The Labute approximate surface area is 373 Å². The van der Waals surface area contributed by atoms with Gasteiger partial charge in [0.25, 0.3) is 0 Å². The minimum atomic E-state index is -0.787. The van der Waals surface area contributed by atoms with Gasteiger partial charge in [0.1, 0.15) is 6.10 Å². The van der Waals surface area contributed by atoms with Gasteiger partial charge in [-0.15, -0.1) is 0 Å². The van der Waals surface area contributed by atoms with Crippen LogP contribution in [0.15, 0.2) is 24.3 Å². The fourth-order valence-corrected chi connectivity index (χ4v) is 8.23. The van der Waals surface area contributed by atoms with Crippen LogP contribution in [0.2, 0.25) is 0 Å². The zero-order valence-electron chi connectivity index (χ0n) is 40.4. The maximum Gasteiger partial charge on any atom is 0.306 e. The molecule has 0 spiro atoms. The predicted octanol–water partition coefficient (Wildman–Crippen LogP) is 15.9. The number of carbonyl (C=O) groups excluding carboxylic acids is 2. The van der Waals surface area contributed by atoms with Crippen molar-refractivity contribution >= 4 is 11.9 Å². The number of ether oxygens (including phenoxy) is 1. The molecule has 6 nitrogen and oxygen atoms in total. The molecule has 0 aliphatic carbocycles. The molecular weight excluding hydrogens is 743 g/mol. The molecule has 0 aliphatic heterocycles. The summed E-state index contributed by atoms with van der Waals surface area (Å²) < 4.78 is 5.92. The van der Waals surface area contributed by atoms with Crippen molar-refractivity contribution in [2.24, 2.45) is 0 Å². The van der Waals surface area contributed by atoms with Gasteiger partial charge in [-0.3, -0.25) is 9.59 Å². The average molecular weight is 846 g/mol. The second-order valence-corrected chi connectivity index (χ2v) is 18.3. The molecule has 354 valence electrons. The van der Waals surface area contributed by atoms with Crippen LogP contribution in [0.5, 0.6) is 0 Å². The van der Waals surface area contributed by atoms with Gasteiger partial charge in [0.2, 0.25) is 5.91 Å². The third-order valence-electron chi connectivity index (χ3n) is 12.3. The first kappa shape index (κ1) is 58.3. The van der Waals surface area contributed by atoms with Gasteiger partial charge >= 0.3 is 5.97 Å². The third-order valence-corrected chi connectivity index (χ3v) is 12.3. The quantitative estimate of drug-likeness (QED) is 0.0322. The van der Waals surface area contributed by atoms with Crippen LogP contribution in [0.3, 0.4) is 0 Å². The standard InChI is InChI=1S/C54H103NO5/c1-4-7-10-13-16-19-21-23-25-26-28-30-32-35-37-40-43-46-52(57)51(49-56)55-53(58)48-50(60-54(59)47-44-41-38-33-18-15-12-9-6-3)45-42-39-36-34-31-29-27-24-22-20-17-14-11-8-5-2/h17,20,24,27,50-52,56-57H,4-16,18-19,21-23,25-26,28-49H2,1-3H3,(H,55,58)/b20-17-,27-24-. The second-order valence-electron chi connectivity index (χ2n) is 18.3. The summed E-state index contributed by atoms with van der Waals surface area (Å²) >= 11 is 0. The number of allylic oxidation sites excluding steroid dienone is 4. The monoisotopic (exact) mass is 846 g/mol. The number of aliphatic hydroxyl groups excluding tert-OH is 2. The summed E-state index contributed by atoms with van der Waals surface area (Å²) in [6.07, 6.45) is 55.3. The summed E-state index contributed by atoms with van der Waals surface area (Å²) in [6, 6.07) is -0.701. The largest absolute Gasteiger partial charge is 0.462 e. The summed E-state index contributed by atoms with van der Waals surface area (Å²) in [6.45, 7) is 6.46. The first-order valence-electron chi connectivity index (χ1n) is 26.6. The molecular formula is C54H103NO5. The lowest BCUT2D eigenvalue weighted by molar-refractivity contribution is -0.151. The SMILES string of the molecule is CCCCC/C=C\C/C=C\CCCCCCCC(CC(=O)NC(CO)C(O)CCCCCCCCCCCCCCCCCCC)OC(=O)CCCCCCCCCCC. The van der Waals surface area contributed by atoms with Crippen molar-refractivity contribution < 1.29 is 24.5 Å². The summed E-state index contributed by atoms with van der Waals surface area (Å²) in [5.74, 6) is -0.477. The Morgan fingerprint density at radius 1 is 0.483 bits per heavy atom. The molecule has 0 rings (SSSR count). The molecule has 0 fully saturated rings. The molecule has 0 aromatic carbocycles. The van der Waals surface area contributed by atoms with Crippen molar-refractivity contribution in [2.45, 2.75) is 302 Å². The zero-order chi connectivity index (χ0) is 43.8. The highest BCUT2D eigenvalue weighted by atomic mass is 16.5. The van der Waals surface area contributed by atoms with Crippen LogP contribution < -0.4 is 5.32 Å². The van der Waals surface area contributed by atoms with Crippen LogP contribution in [0.4, 0.5) is 0 Å². The van der Waals surface area contributed by atoms with Crippen LogP contribution >= 0.6 is 0 Å². The Hall–Kier alpha value is -1.66. The maximum atomic E-state index is 13.2. The lowest BCUT2D eigenvalue weighted by Gasteiger charge is -2.24. The molecule has 3 atom stereocenters. The van der Waals surface area contributed by atoms with Gasteiger partial charge in [-0.2, -0.15) is 0 Å². The minimum Gasteiger partial charge on any atom is -0.462 e. The van der Waals surface area contributed by atoms with Gasteiger partial charge in [0, 0.05) is 6.42 Å². The summed E-state index contributed by atoms with van der Waals surface area (Å²) in [4.78, 5) is 26.1. The predicted molar refractivity (Wildman–Crippen MR) is 260 cm³/mol. The molecule has 0 saturated heterocycles. The molecule has 0 heterocycles. The topological polar surface area (TPSA) is 95.9 Å². The van der Waals surface area contributed by atoms with Crippen LogP contribution in [0.1, 0.15) is 284 Å². The number of carbonyl (C=O) groups is 2. The van der Waals surface area contributed by atoms with Crippen LogP contribution in [-0.2, 0) is 14.3 Å². The van der Waals surface area contributed by atoms with E-state index in [0.717, 1.165) is 64.2 Å². The highest BCUT2D eigenvalue weighted by Crippen LogP contribution is 2.18. The second kappa shape index (κ2) is 48.4. The number of unbranched alkanes of at least 4 members (excludes halogenated alkanes) is 32. The average Bonchev–Trinajstić information content (AvgIpc) is 3.24. The van der Waals surface area contributed by atoms with Crippen molar-refractivity contribution in [1.82, 2.24) is 5.32 Å². The van der Waals surface area contributed by atoms with E-state index in [1.165, 1.54) is 173 Å². The third kappa shape index (κ3) is 43.0. The summed E-state index contributed by atoms with van der Waals surface area (Å²) in [7, 11) is 0. The summed E-state index contributed by atoms with van der Waals surface area (Å²) in [5, 5.41) is 23.8.